The van der Waals surface area contributed by atoms with Crippen molar-refractivity contribution in [3.8, 4) is 5.75 Å². The second-order valence-electron chi connectivity index (χ2n) is 2.86. The Bertz CT molecular complexity index is 310. The number of rotatable bonds is 3. The van der Waals surface area contributed by atoms with E-state index in [2.05, 4.69) is 0 Å². The maximum Gasteiger partial charge on any atom is 0.214 e. The van der Waals surface area contributed by atoms with E-state index in [0.29, 0.717) is 6.54 Å². The van der Waals surface area contributed by atoms with Crippen LogP contribution in [0.5, 0.6) is 5.75 Å². The number of carbonyl (C=O) groups is 1. The van der Waals surface area contributed by atoms with Crippen LogP contribution in [0.4, 0.5) is 5.69 Å². The SMILES string of the molecule is CCN(C=O)c1cc(O)ccc1C. The van der Waals surface area contributed by atoms with Gasteiger partial charge in [0, 0.05) is 18.3 Å². The molecule has 0 bridgehead atoms. The van der Waals surface area contributed by atoms with E-state index in [1.54, 1.807) is 23.1 Å². The van der Waals surface area contributed by atoms with Crippen molar-refractivity contribution in [2.24, 2.45) is 0 Å². The minimum absolute atomic E-state index is 0.181. The molecule has 1 N–H and O–H groups in total. The van der Waals surface area contributed by atoms with Gasteiger partial charge in [-0.25, -0.2) is 0 Å². The standard InChI is InChI=1S/C10H13NO2/c1-3-11(7-12)10-6-9(13)5-4-8(10)2/h4-7,13H,3H2,1-2H3. The highest BCUT2D eigenvalue weighted by Gasteiger charge is 2.06. The van der Waals surface area contributed by atoms with E-state index in [4.69, 9.17) is 0 Å². The molecule has 0 unspecified atom stereocenters. The van der Waals surface area contributed by atoms with Gasteiger partial charge in [-0.3, -0.25) is 4.79 Å². The summed E-state index contributed by atoms with van der Waals surface area (Å²) >= 11 is 0. The molecule has 3 heteroatoms. The lowest BCUT2D eigenvalue weighted by molar-refractivity contribution is -0.107. The van der Waals surface area contributed by atoms with Gasteiger partial charge in [0.05, 0.1) is 0 Å². The summed E-state index contributed by atoms with van der Waals surface area (Å²) in [6, 6.07) is 4.99. The van der Waals surface area contributed by atoms with Crippen molar-refractivity contribution >= 4 is 12.1 Å². The Balaban J connectivity index is 3.10. The summed E-state index contributed by atoms with van der Waals surface area (Å²) in [7, 11) is 0. The summed E-state index contributed by atoms with van der Waals surface area (Å²) < 4.78 is 0. The van der Waals surface area contributed by atoms with Crippen molar-refractivity contribution in [1.29, 1.82) is 0 Å². The third-order valence-corrected chi connectivity index (χ3v) is 1.97. The number of nitrogens with zero attached hydrogens (tertiary/aromatic N) is 1. The molecule has 0 heterocycles. The van der Waals surface area contributed by atoms with Crippen molar-refractivity contribution < 1.29 is 9.90 Å². The first kappa shape index (κ1) is 9.58. The topological polar surface area (TPSA) is 40.5 Å². The lowest BCUT2D eigenvalue weighted by Gasteiger charge is -2.17. The van der Waals surface area contributed by atoms with Crippen LogP contribution in [0.3, 0.4) is 0 Å². The summed E-state index contributed by atoms with van der Waals surface area (Å²) in [6.45, 7) is 4.40. The van der Waals surface area contributed by atoms with Crippen LogP contribution in [0.1, 0.15) is 12.5 Å². The number of carbonyl (C=O) groups excluding carboxylic acids is 1. The van der Waals surface area contributed by atoms with E-state index in [-0.39, 0.29) is 5.75 Å². The third-order valence-electron chi connectivity index (χ3n) is 1.97. The fourth-order valence-electron chi connectivity index (χ4n) is 1.21. The van der Waals surface area contributed by atoms with Crippen LogP contribution in [-0.4, -0.2) is 18.1 Å². The van der Waals surface area contributed by atoms with Crippen LogP contribution >= 0.6 is 0 Å². The molecule has 1 aromatic carbocycles. The predicted molar refractivity (Wildman–Crippen MR) is 51.9 cm³/mol. The molecule has 0 atom stereocenters. The van der Waals surface area contributed by atoms with Gasteiger partial charge >= 0.3 is 0 Å². The normalized spacial score (nSPS) is 9.69. The highest BCUT2D eigenvalue weighted by Crippen LogP contribution is 2.23. The van der Waals surface area contributed by atoms with Gasteiger partial charge in [0.2, 0.25) is 6.41 Å². The second kappa shape index (κ2) is 3.94. The zero-order chi connectivity index (χ0) is 9.84. The van der Waals surface area contributed by atoms with E-state index in [1.807, 2.05) is 13.8 Å². The number of aromatic hydroxyl groups is 1. The van der Waals surface area contributed by atoms with Crippen molar-refractivity contribution in [2.45, 2.75) is 13.8 Å². The molecule has 1 aromatic rings. The van der Waals surface area contributed by atoms with Crippen molar-refractivity contribution in [3.63, 3.8) is 0 Å². The summed E-state index contributed by atoms with van der Waals surface area (Å²) in [5.41, 5.74) is 1.74. The maximum atomic E-state index is 10.6. The third kappa shape index (κ3) is 1.99. The van der Waals surface area contributed by atoms with Crippen LogP contribution in [0.25, 0.3) is 0 Å². The van der Waals surface area contributed by atoms with Crippen LogP contribution < -0.4 is 4.90 Å². The van der Waals surface area contributed by atoms with Crippen molar-refractivity contribution in [1.82, 2.24) is 0 Å². The highest BCUT2D eigenvalue weighted by molar-refractivity contribution is 5.77. The Morgan fingerprint density at radius 1 is 1.54 bits per heavy atom. The molecule has 0 saturated heterocycles. The lowest BCUT2D eigenvalue weighted by atomic mass is 10.2. The van der Waals surface area contributed by atoms with E-state index in [9.17, 15) is 9.90 Å². The molecule has 0 saturated carbocycles. The number of amides is 1. The smallest absolute Gasteiger partial charge is 0.214 e. The van der Waals surface area contributed by atoms with Gasteiger partial charge in [0.25, 0.3) is 0 Å². The predicted octanol–water partition coefficient (Wildman–Crippen LogP) is 1.68. The van der Waals surface area contributed by atoms with E-state index in [1.165, 1.54) is 0 Å². The van der Waals surface area contributed by atoms with Gasteiger partial charge in [-0.15, -0.1) is 0 Å². The Kier molecular flexibility index (Phi) is 2.90. The lowest BCUT2D eigenvalue weighted by Crippen LogP contribution is -2.20. The molecule has 0 aliphatic carbocycles. The highest BCUT2D eigenvalue weighted by atomic mass is 16.3. The molecular formula is C10H13NO2. The monoisotopic (exact) mass is 179 g/mol. The van der Waals surface area contributed by atoms with Crippen LogP contribution in [0.15, 0.2) is 18.2 Å². The summed E-state index contributed by atoms with van der Waals surface area (Å²) in [5, 5.41) is 9.23. The molecule has 0 aromatic heterocycles. The summed E-state index contributed by atoms with van der Waals surface area (Å²) in [6.07, 6.45) is 0.766. The number of phenols is 1. The molecule has 3 nitrogen and oxygen atoms in total. The molecule has 1 amide bonds. The van der Waals surface area contributed by atoms with E-state index >= 15 is 0 Å². The first-order chi connectivity index (χ1) is 6.19. The minimum Gasteiger partial charge on any atom is -0.508 e. The largest absolute Gasteiger partial charge is 0.508 e. The molecule has 0 radical (unpaired) electrons. The maximum absolute atomic E-state index is 10.6. The Morgan fingerprint density at radius 3 is 2.77 bits per heavy atom. The zero-order valence-electron chi connectivity index (χ0n) is 7.82. The molecule has 0 spiro atoms. The van der Waals surface area contributed by atoms with Gasteiger partial charge in [0.15, 0.2) is 0 Å². The van der Waals surface area contributed by atoms with Crippen LogP contribution in [0.2, 0.25) is 0 Å². The average molecular weight is 179 g/mol. The quantitative estimate of drug-likeness (QED) is 0.717. The molecule has 0 fully saturated rings. The van der Waals surface area contributed by atoms with E-state index in [0.717, 1.165) is 17.7 Å². The number of benzene rings is 1. The number of aryl methyl sites for hydroxylation is 1. The molecular weight excluding hydrogens is 166 g/mol. The Morgan fingerprint density at radius 2 is 2.23 bits per heavy atom. The Hall–Kier alpha value is -1.51. The average Bonchev–Trinajstić information content (AvgIpc) is 2.13. The molecule has 1 rings (SSSR count). The summed E-state index contributed by atoms with van der Waals surface area (Å²) in [4.78, 5) is 12.2. The molecule has 13 heavy (non-hydrogen) atoms. The molecule has 0 aliphatic heterocycles. The number of anilines is 1. The zero-order valence-corrected chi connectivity index (χ0v) is 7.82. The van der Waals surface area contributed by atoms with Crippen molar-refractivity contribution in [3.05, 3.63) is 23.8 Å². The van der Waals surface area contributed by atoms with E-state index < -0.39 is 0 Å². The van der Waals surface area contributed by atoms with Gasteiger partial charge in [0.1, 0.15) is 5.75 Å². The van der Waals surface area contributed by atoms with Crippen molar-refractivity contribution in [2.75, 3.05) is 11.4 Å². The summed E-state index contributed by atoms with van der Waals surface area (Å²) in [5.74, 6) is 0.181. The number of hydrogen-bond donors (Lipinski definition) is 1. The Labute approximate surface area is 77.6 Å². The van der Waals surface area contributed by atoms with Crippen LogP contribution in [0, 0.1) is 6.92 Å². The molecule has 70 valence electrons. The van der Waals surface area contributed by atoms with Gasteiger partial charge in [-0.05, 0) is 25.5 Å². The molecule has 0 aliphatic rings. The fourth-order valence-corrected chi connectivity index (χ4v) is 1.21. The van der Waals surface area contributed by atoms with Crippen LogP contribution in [-0.2, 0) is 4.79 Å². The number of hydrogen-bond acceptors (Lipinski definition) is 2. The van der Waals surface area contributed by atoms with Gasteiger partial charge < -0.3 is 10.0 Å². The second-order valence-corrected chi connectivity index (χ2v) is 2.86. The van der Waals surface area contributed by atoms with Gasteiger partial charge in [-0.1, -0.05) is 6.07 Å². The first-order valence-corrected chi connectivity index (χ1v) is 4.20. The minimum atomic E-state index is 0.181. The first-order valence-electron chi connectivity index (χ1n) is 4.20. The van der Waals surface area contributed by atoms with Gasteiger partial charge in [-0.2, -0.15) is 0 Å². The fraction of sp³-hybridized carbons (Fsp3) is 0.300. The number of phenolic OH excluding ortho intramolecular Hbond substituents is 1.